The molecule has 0 bridgehead atoms. The fourth-order valence-electron chi connectivity index (χ4n) is 1.62. The predicted molar refractivity (Wildman–Crippen MR) is 73.8 cm³/mol. The second-order valence-corrected chi connectivity index (χ2v) is 4.80. The predicted octanol–water partition coefficient (Wildman–Crippen LogP) is 3.15. The zero-order valence-electron chi connectivity index (χ0n) is 9.85. The lowest BCUT2D eigenvalue weighted by Gasteiger charge is -2.10. The Bertz CT molecular complexity index is 722. The smallest absolute Gasteiger partial charge is 0.337 e. The molecule has 4 nitrogen and oxygen atoms in total. The van der Waals surface area contributed by atoms with Gasteiger partial charge >= 0.3 is 5.97 Å². The van der Waals surface area contributed by atoms with Gasteiger partial charge in [0.25, 0.3) is 5.56 Å². The lowest BCUT2D eigenvalue weighted by molar-refractivity contribution is 0.0696. The second kappa shape index (κ2) is 5.07. The van der Waals surface area contributed by atoms with Gasteiger partial charge in [-0.05, 0) is 30.7 Å². The first-order valence-corrected chi connectivity index (χ1v) is 6.08. The van der Waals surface area contributed by atoms with Crippen molar-refractivity contribution in [2.45, 2.75) is 6.92 Å². The third-order valence-electron chi connectivity index (χ3n) is 2.65. The van der Waals surface area contributed by atoms with Crippen LogP contribution in [0.5, 0.6) is 0 Å². The summed E-state index contributed by atoms with van der Waals surface area (Å²) in [7, 11) is 0. The summed E-state index contributed by atoms with van der Waals surface area (Å²) in [4.78, 5) is 22.7. The van der Waals surface area contributed by atoms with Crippen molar-refractivity contribution in [1.82, 2.24) is 4.57 Å². The Hall–Kier alpha value is -1.78. The minimum absolute atomic E-state index is 0.00707. The molecule has 0 radical (unpaired) electrons. The third-order valence-corrected chi connectivity index (χ3v) is 3.36. The number of aromatic nitrogens is 1. The molecule has 1 aromatic carbocycles. The van der Waals surface area contributed by atoms with Crippen LogP contribution >= 0.6 is 23.2 Å². The van der Waals surface area contributed by atoms with E-state index in [2.05, 4.69) is 0 Å². The molecule has 2 aromatic rings. The molecule has 0 saturated carbocycles. The molecule has 98 valence electrons. The van der Waals surface area contributed by atoms with Crippen LogP contribution in [-0.4, -0.2) is 15.6 Å². The molecule has 0 amide bonds. The number of nitrogens with zero attached hydrogens (tertiary/aromatic N) is 1. The van der Waals surface area contributed by atoms with Gasteiger partial charge in [0.15, 0.2) is 0 Å². The summed E-state index contributed by atoms with van der Waals surface area (Å²) in [6, 6.07) is 5.57. The van der Waals surface area contributed by atoms with Crippen LogP contribution in [-0.2, 0) is 0 Å². The van der Waals surface area contributed by atoms with E-state index in [1.807, 2.05) is 0 Å². The number of carbonyl (C=O) groups is 1. The molecule has 0 spiro atoms. The molecule has 1 aromatic heterocycles. The molecular weight excluding hydrogens is 289 g/mol. The van der Waals surface area contributed by atoms with Crippen LogP contribution in [0.2, 0.25) is 10.0 Å². The van der Waals surface area contributed by atoms with Crippen LogP contribution in [0.1, 0.15) is 15.9 Å². The average molecular weight is 298 g/mol. The molecule has 0 saturated heterocycles. The molecule has 0 fully saturated rings. The number of pyridine rings is 1. The van der Waals surface area contributed by atoms with Crippen molar-refractivity contribution in [3.8, 4) is 5.69 Å². The highest BCUT2D eigenvalue weighted by molar-refractivity contribution is 6.35. The highest BCUT2D eigenvalue weighted by atomic mass is 35.5. The molecule has 19 heavy (non-hydrogen) atoms. The SMILES string of the molecule is Cc1cc(Cl)c(-n2cc(C(=O)O)ccc2=O)cc1Cl. The summed E-state index contributed by atoms with van der Waals surface area (Å²) in [5.74, 6) is -1.12. The molecule has 0 atom stereocenters. The second-order valence-electron chi connectivity index (χ2n) is 3.98. The molecule has 0 unspecified atom stereocenters. The highest BCUT2D eigenvalue weighted by Gasteiger charge is 2.11. The summed E-state index contributed by atoms with van der Waals surface area (Å²) in [6.07, 6.45) is 1.22. The number of halogens is 2. The minimum Gasteiger partial charge on any atom is -0.478 e. The van der Waals surface area contributed by atoms with E-state index in [1.54, 1.807) is 13.0 Å². The lowest BCUT2D eigenvalue weighted by atomic mass is 10.2. The topological polar surface area (TPSA) is 59.3 Å². The summed E-state index contributed by atoms with van der Waals surface area (Å²) in [5, 5.41) is 9.72. The zero-order valence-corrected chi connectivity index (χ0v) is 11.4. The molecule has 2 rings (SSSR count). The van der Waals surface area contributed by atoms with Crippen molar-refractivity contribution in [3.63, 3.8) is 0 Å². The number of benzene rings is 1. The van der Waals surface area contributed by atoms with Crippen molar-refractivity contribution in [3.05, 3.63) is 62.0 Å². The van der Waals surface area contributed by atoms with Gasteiger partial charge in [0.1, 0.15) is 0 Å². The maximum absolute atomic E-state index is 11.8. The lowest BCUT2D eigenvalue weighted by Crippen LogP contribution is -2.18. The quantitative estimate of drug-likeness (QED) is 0.926. The van der Waals surface area contributed by atoms with Gasteiger partial charge in [-0.2, -0.15) is 0 Å². The van der Waals surface area contributed by atoms with E-state index in [0.29, 0.717) is 15.7 Å². The largest absolute Gasteiger partial charge is 0.478 e. The molecule has 1 N–H and O–H groups in total. The first-order chi connectivity index (χ1) is 8.90. The van der Waals surface area contributed by atoms with E-state index in [4.69, 9.17) is 28.3 Å². The number of aromatic carboxylic acids is 1. The third kappa shape index (κ3) is 2.64. The van der Waals surface area contributed by atoms with E-state index in [1.165, 1.54) is 24.4 Å². The Labute approximate surface area is 118 Å². The fraction of sp³-hybridized carbons (Fsp3) is 0.0769. The molecule has 0 aliphatic carbocycles. The van der Waals surface area contributed by atoms with Gasteiger partial charge in [-0.25, -0.2) is 4.79 Å². The Balaban J connectivity index is 2.71. The van der Waals surface area contributed by atoms with Crippen molar-refractivity contribution in [2.75, 3.05) is 0 Å². The van der Waals surface area contributed by atoms with Crippen LogP contribution in [0.4, 0.5) is 0 Å². The van der Waals surface area contributed by atoms with Crippen molar-refractivity contribution >= 4 is 29.2 Å². The van der Waals surface area contributed by atoms with E-state index >= 15 is 0 Å². The molecular formula is C13H9Cl2NO3. The Morgan fingerprint density at radius 2 is 1.89 bits per heavy atom. The highest BCUT2D eigenvalue weighted by Crippen LogP contribution is 2.26. The maximum atomic E-state index is 11.8. The Morgan fingerprint density at radius 3 is 2.53 bits per heavy atom. The zero-order chi connectivity index (χ0) is 14.2. The van der Waals surface area contributed by atoms with Gasteiger partial charge in [0.05, 0.1) is 16.3 Å². The Kier molecular flexibility index (Phi) is 3.64. The van der Waals surface area contributed by atoms with Crippen molar-refractivity contribution < 1.29 is 9.90 Å². The van der Waals surface area contributed by atoms with Crippen LogP contribution in [0.25, 0.3) is 5.69 Å². The number of hydrogen-bond donors (Lipinski definition) is 1. The summed E-state index contributed by atoms with van der Waals surface area (Å²) in [5.41, 5.74) is 0.738. The van der Waals surface area contributed by atoms with Gasteiger partial charge in [-0.15, -0.1) is 0 Å². The average Bonchev–Trinajstić information content (AvgIpc) is 2.34. The molecule has 1 heterocycles. The van der Waals surface area contributed by atoms with Crippen molar-refractivity contribution in [2.24, 2.45) is 0 Å². The maximum Gasteiger partial charge on any atom is 0.337 e. The van der Waals surface area contributed by atoms with Crippen LogP contribution in [0.15, 0.2) is 35.3 Å². The van der Waals surface area contributed by atoms with Gasteiger partial charge in [0.2, 0.25) is 0 Å². The van der Waals surface area contributed by atoms with Gasteiger partial charge in [-0.1, -0.05) is 23.2 Å². The molecule has 6 heteroatoms. The van der Waals surface area contributed by atoms with E-state index in [-0.39, 0.29) is 11.1 Å². The number of hydrogen-bond acceptors (Lipinski definition) is 2. The first-order valence-electron chi connectivity index (χ1n) is 5.32. The number of carboxylic acid groups (broad SMARTS) is 1. The summed E-state index contributed by atoms with van der Waals surface area (Å²) < 4.78 is 1.16. The van der Waals surface area contributed by atoms with E-state index in [9.17, 15) is 9.59 Å². The summed E-state index contributed by atoms with van der Waals surface area (Å²) >= 11 is 12.1. The standard InChI is InChI=1S/C13H9Cl2NO3/c1-7-4-10(15)11(5-9(7)14)16-6-8(13(18)19)2-3-12(16)17/h2-6H,1H3,(H,18,19). The van der Waals surface area contributed by atoms with E-state index < -0.39 is 5.97 Å². The monoisotopic (exact) mass is 297 g/mol. The summed E-state index contributed by atoms with van der Waals surface area (Å²) in [6.45, 7) is 1.79. The molecule has 0 aliphatic rings. The number of rotatable bonds is 2. The van der Waals surface area contributed by atoms with Gasteiger partial charge in [-0.3, -0.25) is 9.36 Å². The van der Waals surface area contributed by atoms with E-state index in [0.717, 1.165) is 10.1 Å². The van der Waals surface area contributed by atoms with Gasteiger partial charge < -0.3 is 5.11 Å². The molecule has 0 aliphatic heterocycles. The van der Waals surface area contributed by atoms with Crippen LogP contribution in [0.3, 0.4) is 0 Å². The normalized spacial score (nSPS) is 10.5. The van der Waals surface area contributed by atoms with Crippen LogP contribution < -0.4 is 5.56 Å². The van der Waals surface area contributed by atoms with Gasteiger partial charge in [0, 0.05) is 17.3 Å². The first kappa shape index (κ1) is 13.6. The minimum atomic E-state index is -1.12. The van der Waals surface area contributed by atoms with Crippen molar-refractivity contribution in [1.29, 1.82) is 0 Å². The Morgan fingerprint density at radius 1 is 1.21 bits per heavy atom. The fourth-order valence-corrected chi connectivity index (χ4v) is 2.09. The number of carboxylic acids is 1. The number of aryl methyl sites for hydroxylation is 1. The van der Waals surface area contributed by atoms with Crippen LogP contribution in [0, 0.1) is 6.92 Å².